The first kappa shape index (κ1) is 10.7. The lowest BCUT2D eigenvalue weighted by Gasteiger charge is -2.30. The number of carbonyl (C=O) groups is 1. The maximum absolute atomic E-state index is 12.7. The lowest BCUT2D eigenvalue weighted by Crippen LogP contribution is -2.50. The van der Waals surface area contributed by atoms with E-state index < -0.39 is 12.2 Å². The van der Waals surface area contributed by atoms with Crippen molar-refractivity contribution in [3.8, 4) is 0 Å². The largest absolute Gasteiger partial charge is 0.405 e. The van der Waals surface area contributed by atoms with Gasteiger partial charge >= 0.3 is 6.18 Å². The van der Waals surface area contributed by atoms with Gasteiger partial charge in [-0.2, -0.15) is 13.2 Å². The third-order valence-corrected chi connectivity index (χ3v) is 2.88. The third-order valence-electron chi connectivity index (χ3n) is 2.88. The van der Waals surface area contributed by atoms with Gasteiger partial charge in [-0.25, -0.2) is 0 Å². The van der Waals surface area contributed by atoms with Gasteiger partial charge in [0.05, 0.1) is 0 Å². The van der Waals surface area contributed by atoms with Crippen molar-refractivity contribution in [1.82, 2.24) is 10.2 Å². The summed E-state index contributed by atoms with van der Waals surface area (Å²) in [4.78, 5) is 12.5. The fraction of sp³-hybridized carbons (Fsp3) is 0.889. The molecule has 0 aromatic carbocycles. The second-order valence-corrected chi connectivity index (χ2v) is 4.08. The van der Waals surface area contributed by atoms with Crippen molar-refractivity contribution in [1.29, 1.82) is 0 Å². The molecule has 1 saturated heterocycles. The number of halogens is 3. The first-order chi connectivity index (χ1) is 6.98. The molecule has 0 aromatic rings. The van der Waals surface area contributed by atoms with E-state index in [1.54, 1.807) is 0 Å². The molecule has 15 heavy (non-hydrogen) atoms. The van der Waals surface area contributed by atoms with E-state index in [0.717, 1.165) is 12.8 Å². The quantitative estimate of drug-likeness (QED) is 0.715. The summed E-state index contributed by atoms with van der Waals surface area (Å²) in [5, 5.41) is 2.31. The van der Waals surface area contributed by atoms with E-state index in [4.69, 9.17) is 0 Å². The number of nitrogens with zero attached hydrogens (tertiary/aromatic N) is 1. The average molecular weight is 222 g/mol. The van der Waals surface area contributed by atoms with Crippen molar-refractivity contribution in [3.05, 3.63) is 0 Å². The maximum Gasteiger partial charge on any atom is 0.405 e. The fourth-order valence-corrected chi connectivity index (χ4v) is 1.95. The Kier molecular flexibility index (Phi) is 2.62. The normalized spacial score (nSPS) is 29.8. The summed E-state index contributed by atoms with van der Waals surface area (Å²) >= 11 is 0. The molecule has 0 aromatic heterocycles. The summed E-state index contributed by atoms with van der Waals surface area (Å²) in [5.74, 6) is -0.285. The number of nitrogens with one attached hydrogen (secondary N) is 1. The first-order valence-electron chi connectivity index (χ1n) is 5.07. The SMILES string of the molecule is O=C1CCN(C2CC2)C(C(F)(F)F)CN1. The van der Waals surface area contributed by atoms with Crippen LogP contribution in [0.5, 0.6) is 0 Å². The van der Waals surface area contributed by atoms with Crippen LogP contribution in [0.25, 0.3) is 0 Å². The van der Waals surface area contributed by atoms with Gasteiger partial charge in [0.25, 0.3) is 0 Å². The molecule has 0 radical (unpaired) electrons. The molecule has 2 rings (SSSR count). The minimum absolute atomic E-state index is 0.0318. The van der Waals surface area contributed by atoms with Crippen LogP contribution >= 0.6 is 0 Å². The van der Waals surface area contributed by atoms with E-state index in [0.29, 0.717) is 0 Å². The summed E-state index contributed by atoms with van der Waals surface area (Å²) < 4.78 is 38.1. The zero-order chi connectivity index (χ0) is 11.1. The Morgan fingerprint density at radius 1 is 1.33 bits per heavy atom. The number of rotatable bonds is 1. The van der Waals surface area contributed by atoms with Crippen molar-refractivity contribution in [2.75, 3.05) is 13.1 Å². The smallest absolute Gasteiger partial charge is 0.354 e. The second kappa shape index (κ2) is 3.66. The van der Waals surface area contributed by atoms with Crippen molar-refractivity contribution in [2.45, 2.75) is 37.5 Å². The molecule has 1 unspecified atom stereocenters. The molecule has 1 aliphatic heterocycles. The highest BCUT2D eigenvalue weighted by atomic mass is 19.4. The molecule has 0 bridgehead atoms. The molecule has 3 nitrogen and oxygen atoms in total. The van der Waals surface area contributed by atoms with Crippen LogP contribution in [0.4, 0.5) is 13.2 Å². The average Bonchev–Trinajstić information content (AvgIpc) is 2.87. The van der Waals surface area contributed by atoms with Crippen molar-refractivity contribution in [3.63, 3.8) is 0 Å². The van der Waals surface area contributed by atoms with Crippen molar-refractivity contribution in [2.24, 2.45) is 0 Å². The predicted molar refractivity (Wildman–Crippen MR) is 47.2 cm³/mol. The van der Waals surface area contributed by atoms with Gasteiger partial charge in [0.2, 0.25) is 5.91 Å². The van der Waals surface area contributed by atoms with Gasteiger partial charge in [0, 0.05) is 25.6 Å². The van der Waals surface area contributed by atoms with Gasteiger partial charge in [-0.05, 0) is 12.8 Å². The zero-order valence-corrected chi connectivity index (χ0v) is 8.18. The van der Waals surface area contributed by atoms with E-state index in [1.807, 2.05) is 0 Å². The molecule has 1 saturated carbocycles. The number of hydrogen-bond acceptors (Lipinski definition) is 2. The maximum atomic E-state index is 12.7. The molecule has 2 fully saturated rings. The van der Waals surface area contributed by atoms with E-state index in [9.17, 15) is 18.0 Å². The van der Waals surface area contributed by atoms with Crippen molar-refractivity contribution < 1.29 is 18.0 Å². The van der Waals surface area contributed by atoms with Gasteiger partial charge in [-0.15, -0.1) is 0 Å². The van der Waals surface area contributed by atoms with Crippen LogP contribution in [0, 0.1) is 0 Å². The molecule has 0 spiro atoms. The molecule has 1 heterocycles. The fourth-order valence-electron chi connectivity index (χ4n) is 1.95. The Hall–Kier alpha value is -0.780. The topological polar surface area (TPSA) is 32.3 Å². The lowest BCUT2D eigenvalue weighted by molar-refractivity contribution is -0.182. The Balaban J connectivity index is 2.11. The Bertz CT molecular complexity index is 263. The Morgan fingerprint density at radius 3 is 2.53 bits per heavy atom. The molecule has 86 valence electrons. The summed E-state index contributed by atoms with van der Waals surface area (Å²) in [6.45, 7) is -0.0838. The third kappa shape index (κ3) is 2.42. The molecule has 1 amide bonds. The van der Waals surface area contributed by atoms with Crippen LogP contribution in [-0.4, -0.2) is 42.2 Å². The van der Waals surface area contributed by atoms with Crippen molar-refractivity contribution >= 4 is 5.91 Å². The predicted octanol–water partition coefficient (Wildman–Crippen LogP) is 0.902. The van der Waals surface area contributed by atoms with Gasteiger partial charge in [0.1, 0.15) is 6.04 Å². The molecule has 6 heteroatoms. The summed E-state index contributed by atoms with van der Waals surface area (Å²) in [7, 11) is 0. The highest BCUT2D eigenvalue weighted by molar-refractivity contribution is 5.76. The highest BCUT2D eigenvalue weighted by Crippen LogP contribution is 2.35. The number of hydrogen-bond donors (Lipinski definition) is 1. The number of amides is 1. The highest BCUT2D eigenvalue weighted by Gasteiger charge is 2.48. The van der Waals surface area contributed by atoms with Crippen LogP contribution in [0.15, 0.2) is 0 Å². The Labute approximate surface area is 85.6 Å². The molecular weight excluding hydrogens is 209 g/mol. The van der Waals surface area contributed by atoms with E-state index in [1.165, 1.54) is 4.90 Å². The van der Waals surface area contributed by atoms with Gasteiger partial charge in [-0.1, -0.05) is 0 Å². The van der Waals surface area contributed by atoms with Crippen LogP contribution in [0.3, 0.4) is 0 Å². The Morgan fingerprint density at radius 2 is 2.00 bits per heavy atom. The van der Waals surface area contributed by atoms with Gasteiger partial charge in [0.15, 0.2) is 0 Å². The molecule has 1 aliphatic carbocycles. The second-order valence-electron chi connectivity index (χ2n) is 4.08. The van der Waals surface area contributed by atoms with E-state index >= 15 is 0 Å². The van der Waals surface area contributed by atoms with Gasteiger partial charge in [-0.3, -0.25) is 9.69 Å². The molecule has 1 atom stereocenters. The monoisotopic (exact) mass is 222 g/mol. The minimum atomic E-state index is -4.25. The summed E-state index contributed by atoms with van der Waals surface area (Å²) in [5.41, 5.74) is 0. The van der Waals surface area contributed by atoms with E-state index in [-0.39, 0.29) is 31.5 Å². The van der Waals surface area contributed by atoms with E-state index in [2.05, 4.69) is 5.32 Å². The van der Waals surface area contributed by atoms with Gasteiger partial charge < -0.3 is 5.32 Å². The lowest BCUT2D eigenvalue weighted by atomic mass is 10.2. The first-order valence-corrected chi connectivity index (χ1v) is 5.07. The number of alkyl halides is 3. The van der Waals surface area contributed by atoms with Crippen LogP contribution < -0.4 is 5.32 Å². The minimum Gasteiger partial charge on any atom is -0.354 e. The zero-order valence-electron chi connectivity index (χ0n) is 8.18. The molecule has 1 N–H and O–H groups in total. The van der Waals surface area contributed by atoms with Crippen LogP contribution in [-0.2, 0) is 4.79 Å². The number of carbonyl (C=O) groups excluding carboxylic acids is 1. The van der Waals surface area contributed by atoms with Crippen LogP contribution in [0.1, 0.15) is 19.3 Å². The standard InChI is InChI=1S/C9H13F3N2O/c10-9(11,12)7-5-13-8(15)3-4-14(7)6-1-2-6/h6-7H,1-5H2,(H,13,15). The molecular formula is C9H13F3N2O. The summed E-state index contributed by atoms with van der Waals surface area (Å²) in [6.07, 6.45) is -2.44. The molecule has 2 aliphatic rings. The van der Waals surface area contributed by atoms with Crippen LogP contribution in [0.2, 0.25) is 0 Å². The summed E-state index contributed by atoms with van der Waals surface area (Å²) in [6, 6.07) is -1.47.